The van der Waals surface area contributed by atoms with Crippen molar-refractivity contribution in [1.29, 1.82) is 0 Å². The lowest BCUT2D eigenvalue weighted by Gasteiger charge is -2.12. The van der Waals surface area contributed by atoms with Crippen molar-refractivity contribution in [3.63, 3.8) is 0 Å². The van der Waals surface area contributed by atoms with E-state index in [-0.39, 0.29) is 0 Å². The Kier molecular flexibility index (Phi) is 7.50. The lowest BCUT2D eigenvalue weighted by atomic mass is 9.97. The maximum absolute atomic E-state index is 5.38. The van der Waals surface area contributed by atoms with Gasteiger partial charge >= 0.3 is 0 Å². The molecule has 0 N–H and O–H groups in total. The molecule has 4 heteroatoms. The number of hydrogen-bond donors (Lipinski definition) is 0. The van der Waals surface area contributed by atoms with Gasteiger partial charge in [-0.3, -0.25) is 0 Å². The molecule has 0 aliphatic heterocycles. The average molecular weight is 751 g/mol. The van der Waals surface area contributed by atoms with Gasteiger partial charge in [-0.1, -0.05) is 158 Å². The predicted molar refractivity (Wildman–Crippen MR) is 246 cm³/mol. The highest BCUT2D eigenvalue weighted by atomic mass is 15.0. The second-order valence-corrected chi connectivity index (χ2v) is 15.2. The van der Waals surface area contributed by atoms with E-state index in [0.29, 0.717) is 5.82 Å². The fourth-order valence-corrected chi connectivity index (χ4v) is 9.00. The molecular formula is C55H34N4. The molecule has 0 saturated carbocycles. The van der Waals surface area contributed by atoms with Crippen LogP contribution in [0.15, 0.2) is 206 Å². The van der Waals surface area contributed by atoms with Crippen LogP contribution in [0, 0.1) is 0 Å². The number of benzene rings is 9. The molecule has 0 unspecified atom stereocenters. The van der Waals surface area contributed by atoms with Crippen molar-refractivity contribution >= 4 is 65.2 Å². The van der Waals surface area contributed by atoms with E-state index < -0.39 is 0 Å². The Morgan fingerprint density at radius 1 is 0.305 bits per heavy atom. The molecule has 0 fully saturated rings. The maximum Gasteiger partial charge on any atom is 0.160 e. The van der Waals surface area contributed by atoms with Crippen LogP contribution >= 0.6 is 0 Å². The molecule has 274 valence electrons. The Bertz CT molecular complexity index is 3600. The van der Waals surface area contributed by atoms with Gasteiger partial charge in [-0.2, -0.15) is 0 Å². The molecule has 0 aliphatic carbocycles. The zero-order chi connectivity index (χ0) is 38.9. The Hall–Kier alpha value is -7.95. The van der Waals surface area contributed by atoms with E-state index in [1.165, 1.54) is 21.5 Å². The summed E-state index contributed by atoms with van der Waals surface area (Å²) in [5.74, 6) is 0.703. The molecule has 3 aromatic heterocycles. The van der Waals surface area contributed by atoms with Crippen molar-refractivity contribution in [2.45, 2.75) is 0 Å². The molecule has 3 heterocycles. The van der Waals surface area contributed by atoms with Gasteiger partial charge in [0.05, 0.1) is 33.5 Å². The minimum atomic E-state index is 0.703. The monoisotopic (exact) mass is 750 g/mol. The summed E-state index contributed by atoms with van der Waals surface area (Å²) in [5, 5.41) is 9.21. The molecule has 0 atom stereocenters. The van der Waals surface area contributed by atoms with Gasteiger partial charge < -0.3 is 4.57 Å². The highest BCUT2D eigenvalue weighted by molar-refractivity contribution is 6.19. The average Bonchev–Trinajstić information content (AvgIpc) is 3.63. The molecule has 12 rings (SSSR count). The molecule has 0 bridgehead atoms. The summed E-state index contributed by atoms with van der Waals surface area (Å²) in [6.45, 7) is 0. The van der Waals surface area contributed by atoms with Gasteiger partial charge in [0.2, 0.25) is 0 Å². The van der Waals surface area contributed by atoms with Crippen molar-refractivity contribution in [2.24, 2.45) is 0 Å². The summed E-state index contributed by atoms with van der Waals surface area (Å²) in [4.78, 5) is 15.8. The summed E-state index contributed by atoms with van der Waals surface area (Å²) in [6.07, 6.45) is 0. The van der Waals surface area contributed by atoms with Crippen LogP contribution in [0.2, 0.25) is 0 Å². The van der Waals surface area contributed by atoms with Crippen LogP contribution in [0.4, 0.5) is 0 Å². The molecular weight excluding hydrogens is 717 g/mol. The van der Waals surface area contributed by atoms with Crippen molar-refractivity contribution in [3.05, 3.63) is 206 Å². The molecule has 12 aromatic rings. The number of rotatable bonds is 5. The highest BCUT2D eigenvalue weighted by Crippen LogP contribution is 2.41. The van der Waals surface area contributed by atoms with Gasteiger partial charge in [0.15, 0.2) is 5.82 Å². The lowest BCUT2D eigenvalue weighted by Crippen LogP contribution is -1.96. The fraction of sp³-hybridized carbons (Fsp3) is 0. The number of para-hydroxylation sites is 2. The third kappa shape index (κ3) is 5.42. The Morgan fingerprint density at radius 2 is 0.949 bits per heavy atom. The summed E-state index contributed by atoms with van der Waals surface area (Å²) in [5.41, 5.74) is 12.7. The van der Waals surface area contributed by atoms with Crippen LogP contribution in [0.3, 0.4) is 0 Å². The molecule has 0 amide bonds. The SMILES string of the molecule is c1ccc(-c2nc3cc4c5cc(-c6cccc(-c7nc(-c8cccc9ccccc89)c8ccccc8n7)c6)ccc5n(-c5ccccc5)c4cc3c3ccccc23)cc1. The van der Waals surface area contributed by atoms with Crippen LogP contribution in [0.25, 0.3) is 116 Å². The van der Waals surface area contributed by atoms with Crippen LogP contribution in [-0.4, -0.2) is 19.5 Å². The van der Waals surface area contributed by atoms with E-state index in [0.717, 1.165) is 88.5 Å². The standard InChI is InChI=1S/C55H34N4/c1-3-16-36(17-4-1)53-44-25-10-9-24-42(44)46-34-52-48(33-50(46)56-53)47-32-38(29-30-51(47)59(52)40-21-5-2-6-22-40)37-19-13-20-39(31-37)55-57-49-28-12-11-26-45(49)54(58-55)43-27-14-18-35-15-7-8-23-41(35)43/h1-34H. The predicted octanol–water partition coefficient (Wildman–Crippen LogP) is 14.2. The summed E-state index contributed by atoms with van der Waals surface area (Å²) in [7, 11) is 0. The Morgan fingerprint density at radius 3 is 1.81 bits per heavy atom. The van der Waals surface area contributed by atoms with E-state index in [4.69, 9.17) is 15.0 Å². The van der Waals surface area contributed by atoms with Gasteiger partial charge in [-0.05, 0) is 75.8 Å². The minimum absolute atomic E-state index is 0.703. The van der Waals surface area contributed by atoms with Crippen LogP contribution < -0.4 is 0 Å². The molecule has 4 nitrogen and oxygen atoms in total. The zero-order valence-corrected chi connectivity index (χ0v) is 31.9. The molecule has 59 heavy (non-hydrogen) atoms. The zero-order valence-electron chi connectivity index (χ0n) is 31.9. The van der Waals surface area contributed by atoms with Crippen molar-refractivity contribution in [1.82, 2.24) is 19.5 Å². The smallest absolute Gasteiger partial charge is 0.160 e. The third-order valence-electron chi connectivity index (χ3n) is 11.8. The van der Waals surface area contributed by atoms with Crippen LogP contribution in [-0.2, 0) is 0 Å². The fourth-order valence-electron chi connectivity index (χ4n) is 9.00. The van der Waals surface area contributed by atoms with Gasteiger partial charge in [-0.15, -0.1) is 0 Å². The van der Waals surface area contributed by atoms with Gasteiger partial charge in [-0.25, -0.2) is 15.0 Å². The molecule has 0 spiro atoms. The van der Waals surface area contributed by atoms with E-state index in [9.17, 15) is 0 Å². The first-order valence-corrected chi connectivity index (χ1v) is 20.0. The number of aromatic nitrogens is 4. The number of pyridine rings is 1. The quantitative estimate of drug-likeness (QED) is 0.165. The number of hydrogen-bond acceptors (Lipinski definition) is 3. The molecule has 0 aliphatic rings. The van der Waals surface area contributed by atoms with Crippen molar-refractivity contribution < 1.29 is 0 Å². The van der Waals surface area contributed by atoms with Crippen molar-refractivity contribution in [3.8, 4) is 50.7 Å². The Balaban J connectivity index is 1.06. The lowest BCUT2D eigenvalue weighted by molar-refractivity contribution is 1.18. The highest BCUT2D eigenvalue weighted by Gasteiger charge is 2.19. The Labute approximate surface area is 340 Å². The van der Waals surface area contributed by atoms with E-state index in [1.54, 1.807) is 0 Å². The topological polar surface area (TPSA) is 43.6 Å². The van der Waals surface area contributed by atoms with Gasteiger partial charge in [0.25, 0.3) is 0 Å². The first-order valence-electron chi connectivity index (χ1n) is 20.0. The largest absolute Gasteiger partial charge is 0.309 e. The molecule has 0 saturated heterocycles. The van der Waals surface area contributed by atoms with E-state index in [1.807, 2.05) is 6.07 Å². The van der Waals surface area contributed by atoms with E-state index >= 15 is 0 Å². The summed E-state index contributed by atoms with van der Waals surface area (Å²) >= 11 is 0. The first-order chi connectivity index (χ1) is 29.2. The van der Waals surface area contributed by atoms with Gasteiger partial charge in [0.1, 0.15) is 0 Å². The van der Waals surface area contributed by atoms with Gasteiger partial charge in [0, 0.05) is 49.3 Å². The van der Waals surface area contributed by atoms with E-state index in [2.05, 4.69) is 205 Å². The third-order valence-corrected chi connectivity index (χ3v) is 11.8. The number of fused-ring (bicyclic) bond motifs is 8. The van der Waals surface area contributed by atoms with Crippen LogP contribution in [0.5, 0.6) is 0 Å². The normalized spacial score (nSPS) is 11.7. The summed E-state index contributed by atoms with van der Waals surface area (Å²) < 4.78 is 2.39. The minimum Gasteiger partial charge on any atom is -0.309 e. The first kappa shape index (κ1) is 33.2. The number of nitrogens with zero attached hydrogens (tertiary/aromatic N) is 4. The second-order valence-electron chi connectivity index (χ2n) is 15.2. The summed E-state index contributed by atoms with van der Waals surface area (Å²) in [6, 6.07) is 73.2. The second kappa shape index (κ2) is 13.3. The molecule has 0 radical (unpaired) electrons. The molecule has 9 aromatic carbocycles. The van der Waals surface area contributed by atoms with Crippen LogP contribution in [0.1, 0.15) is 0 Å². The van der Waals surface area contributed by atoms with Crippen molar-refractivity contribution in [2.75, 3.05) is 0 Å². The maximum atomic E-state index is 5.38.